The van der Waals surface area contributed by atoms with Gasteiger partial charge < -0.3 is 9.72 Å². The first-order chi connectivity index (χ1) is 11.8. The lowest BCUT2D eigenvalue weighted by Gasteiger charge is -2.02. The van der Waals surface area contributed by atoms with E-state index in [0.717, 1.165) is 22.7 Å². The van der Waals surface area contributed by atoms with Gasteiger partial charge in [0.15, 0.2) is 5.82 Å². The Labute approximate surface area is 137 Å². The van der Waals surface area contributed by atoms with Gasteiger partial charge in [-0.25, -0.2) is 4.98 Å². The van der Waals surface area contributed by atoms with E-state index in [-0.39, 0.29) is 0 Å². The van der Waals surface area contributed by atoms with Gasteiger partial charge in [0.1, 0.15) is 5.75 Å². The summed E-state index contributed by atoms with van der Waals surface area (Å²) in [5.74, 6) is 1.97. The minimum atomic E-state index is 0.556. The monoisotopic (exact) mass is 318 g/mol. The smallest absolute Gasteiger partial charge is 0.222 e. The number of hydrogen-bond acceptors (Lipinski definition) is 5. The lowest BCUT2D eigenvalue weighted by molar-refractivity contribution is 0.415. The van der Waals surface area contributed by atoms with Crippen LogP contribution in [-0.4, -0.2) is 37.3 Å². The van der Waals surface area contributed by atoms with E-state index >= 15 is 0 Å². The molecule has 0 saturated carbocycles. The number of para-hydroxylation sites is 1. The molecule has 4 rings (SSSR count). The van der Waals surface area contributed by atoms with Gasteiger partial charge >= 0.3 is 0 Å². The topological polar surface area (TPSA) is 81.5 Å². The molecule has 7 nitrogen and oxygen atoms in total. The first-order valence-corrected chi connectivity index (χ1v) is 7.39. The number of H-pyrrole nitrogens is 1. The second kappa shape index (κ2) is 5.96. The molecule has 0 unspecified atom stereocenters. The number of tetrazole rings is 1. The number of ether oxygens (including phenoxy) is 1. The van der Waals surface area contributed by atoms with E-state index < -0.39 is 0 Å². The predicted molar refractivity (Wildman–Crippen MR) is 88.7 cm³/mol. The van der Waals surface area contributed by atoms with E-state index in [1.807, 2.05) is 54.6 Å². The maximum Gasteiger partial charge on any atom is 0.222 e. The highest BCUT2D eigenvalue weighted by molar-refractivity contribution is 5.63. The number of aromatic nitrogens is 6. The normalized spacial score (nSPS) is 10.7. The summed E-state index contributed by atoms with van der Waals surface area (Å²) in [5.41, 5.74) is 2.77. The lowest BCUT2D eigenvalue weighted by Crippen LogP contribution is -2.00. The highest BCUT2D eigenvalue weighted by Gasteiger charge is 2.14. The summed E-state index contributed by atoms with van der Waals surface area (Å²) in [5, 5.41) is 11.9. The molecule has 0 bridgehead atoms. The minimum Gasteiger partial charge on any atom is -0.497 e. The number of nitrogens with zero attached hydrogens (tertiary/aromatic N) is 5. The molecule has 0 radical (unpaired) electrons. The average molecular weight is 318 g/mol. The molecule has 0 spiro atoms. The molecule has 1 N–H and O–H groups in total. The maximum absolute atomic E-state index is 5.18. The standard InChI is InChI=1S/C17H14N6O/c1-24-14-9-7-12(8-10-14)15-11-18-16(19-15)17-20-21-22-23(17)13-5-3-2-4-6-13/h2-11H,1H3,(H,18,19). The van der Waals surface area contributed by atoms with Crippen LogP contribution in [0.4, 0.5) is 0 Å². The van der Waals surface area contributed by atoms with Crippen LogP contribution in [0.15, 0.2) is 60.8 Å². The third-order valence-corrected chi connectivity index (χ3v) is 3.66. The van der Waals surface area contributed by atoms with E-state index in [4.69, 9.17) is 4.74 Å². The van der Waals surface area contributed by atoms with E-state index in [0.29, 0.717) is 11.6 Å². The fourth-order valence-electron chi connectivity index (χ4n) is 2.43. The number of aromatic amines is 1. The molecule has 7 heteroatoms. The third kappa shape index (κ3) is 2.52. The molecule has 0 amide bonds. The molecule has 0 aliphatic carbocycles. The van der Waals surface area contributed by atoms with Crippen molar-refractivity contribution in [2.24, 2.45) is 0 Å². The number of benzene rings is 2. The van der Waals surface area contributed by atoms with Gasteiger partial charge in [0, 0.05) is 0 Å². The van der Waals surface area contributed by atoms with Gasteiger partial charge in [0.05, 0.1) is 24.7 Å². The van der Waals surface area contributed by atoms with Crippen molar-refractivity contribution >= 4 is 0 Å². The summed E-state index contributed by atoms with van der Waals surface area (Å²) in [6.07, 6.45) is 1.77. The minimum absolute atomic E-state index is 0.556. The maximum atomic E-state index is 5.18. The zero-order chi connectivity index (χ0) is 16.4. The number of methoxy groups -OCH3 is 1. The molecule has 2 aromatic carbocycles. The summed E-state index contributed by atoms with van der Waals surface area (Å²) in [4.78, 5) is 7.68. The Morgan fingerprint density at radius 3 is 2.54 bits per heavy atom. The lowest BCUT2D eigenvalue weighted by atomic mass is 10.2. The van der Waals surface area contributed by atoms with Crippen molar-refractivity contribution in [3.05, 3.63) is 60.8 Å². The van der Waals surface area contributed by atoms with Gasteiger partial charge in [-0.2, -0.15) is 4.68 Å². The highest BCUT2D eigenvalue weighted by atomic mass is 16.5. The van der Waals surface area contributed by atoms with Crippen LogP contribution in [0.25, 0.3) is 28.6 Å². The fourth-order valence-corrected chi connectivity index (χ4v) is 2.43. The zero-order valence-corrected chi connectivity index (χ0v) is 12.9. The molecule has 4 aromatic rings. The summed E-state index contributed by atoms with van der Waals surface area (Å²) in [6.45, 7) is 0. The molecule has 118 valence electrons. The van der Waals surface area contributed by atoms with Crippen LogP contribution in [0.5, 0.6) is 5.75 Å². The Morgan fingerprint density at radius 1 is 1.00 bits per heavy atom. The second-order valence-corrected chi connectivity index (χ2v) is 5.12. The Bertz CT molecular complexity index is 943. The molecule has 2 aromatic heterocycles. The molecular formula is C17H14N6O. The number of rotatable bonds is 4. The molecule has 0 fully saturated rings. The van der Waals surface area contributed by atoms with Crippen molar-refractivity contribution in [3.8, 4) is 34.3 Å². The van der Waals surface area contributed by atoms with Crippen LogP contribution in [0.3, 0.4) is 0 Å². The van der Waals surface area contributed by atoms with Crippen molar-refractivity contribution in [1.29, 1.82) is 0 Å². The Kier molecular flexibility index (Phi) is 3.51. The summed E-state index contributed by atoms with van der Waals surface area (Å²) >= 11 is 0. The molecule has 0 atom stereocenters. The third-order valence-electron chi connectivity index (χ3n) is 3.66. The fraction of sp³-hybridized carbons (Fsp3) is 0.0588. The van der Waals surface area contributed by atoms with Crippen LogP contribution >= 0.6 is 0 Å². The molecule has 24 heavy (non-hydrogen) atoms. The van der Waals surface area contributed by atoms with Crippen LogP contribution < -0.4 is 4.74 Å². The number of imidazole rings is 1. The van der Waals surface area contributed by atoms with E-state index in [1.54, 1.807) is 18.0 Å². The molecular weight excluding hydrogens is 304 g/mol. The van der Waals surface area contributed by atoms with Gasteiger partial charge in [-0.15, -0.1) is 5.10 Å². The molecule has 0 saturated heterocycles. The first kappa shape index (κ1) is 14.1. The van der Waals surface area contributed by atoms with E-state index in [1.165, 1.54) is 0 Å². The molecule has 0 aliphatic rings. The Balaban J connectivity index is 1.70. The quantitative estimate of drug-likeness (QED) is 0.625. The van der Waals surface area contributed by atoms with Gasteiger partial charge in [-0.3, -0.25) is 0 Å². The van der Waals surface area contributed by atoms with Gasteiger partial charge in [0.25, 0.3) is 0 Å². The van der Waals surface area contributed by atoms with E-state index in [9.17, 15) is 0 Å². The van der Waals surface area contributed by atoms with Gasteiger partial charge in [-0.1, -0.05) is 18.2 Å². The number of nitrogens with one attached hydrogen (secondary N) is 1. The van der Waals surface area contributed by atoms with Crippen molar-refractivity contribution in [2.45, 2.75) is 0 Å². The van der Waals surface area contributed by atoms with Crippen molar-refractivity contribution in [3.63, 3.8) is 0 Å². The molecule has 2 heterocycles. The summed E-state index contributed by atoms with van der Waals surface area (Å²) in [7, 11) is 1.65. The van der Waals surface area contributed by atoms with Crippen LogP contribution in [0.1, 0.15) is 0 Å². The number of hydrogen-bond donors (Lipinski definition) is 1. The highest BCUT2D eigenvalue weighted by Crippen LogP contribution is 2.23. The van der Waals surface area contributed by atoms with Crippen LogP contribution in [0.2, 0.25) is 0 Å². The molecule has 0 aliphatic heterocycles. The SMILES string of the molecule is COc1ccc(-c2cnc(-c3nnnn3-c3ccccc3)[nH]2)cc1. The van der Waals surface area contributed by atoms with Crippen LogP contribution in [-0.2, 0) is 0 Å². The summed E-state index contributed by atoms with van der Waals surface area (Å²) in [6, 6.07) is 17.4. The van der Waals surface area contributed by atoms with Crippen molar-refractivity contribution in [2.75, 3.05) is 7.11 Å². The largest absolute Gasteiger partial charge is 0.497 e. The van der Waals surface area contributed by atoms with Crippen LogP contribution in [0, 0.1) is 0 Å². The Morgan fingerprint density at radius 2 is 1.79 bits per heavy atom. The second-order valence-electron chi connectivity index (χ2n) is 5.12. The summed E-state index contributed by atoms with van der Waals surface area (Å²) < 4.78 is 6.83. The zero-order valence-electron chi connectivity index (χ0n) is 12.9. The Hall–Kier alpha value is -3.48. The van der Waals surface area contributed by atoms with Gasteiger partial charge in [0.2, 0.25) is 5.82 Å². The van der Waals surface area contributed by atoms with Gasteiger partial charge in [-0.05, 0) is 52.4 Å². The first-order valence-electron chi connectivity index (χ1n) is 7.39. The predicted octanol–water partition coefficient (Wildman–Crippen LogP) is 2.73. The van der Waals surface area contributed by atoms with E-state index in [2.05, 4.69) is 25.5 Å². The average Bonchev–Trinajstić information content (AvgIpc) is 3.32. The van der Waals surface area contributed by atoms with Crippen molar-refractivity contribution in [1.82, 2.24) is 30.2 Å². The van der Waals surface area contributed by atoms with Crippen molar-refractivity contribution < 1.29 is 4.74 Å².